The number of nitrogens with one attached hydrogen (secondary N) is 3. The van der Waals surface area contributed by atoms with Gasteiger partial charge in [-0.05, 0) is 62.4 Å². The molecule has 150 valence electrons. The first kappa shape index (κ1) is 18.8. The third-order valence-electron chi connectivity index (χ3n) is 6.40. The second kappa shape index (κ2) is 7.47. The molecule has 3 heterocycles. The Hall–Kier alpha value is -2.54. The Bertz CT molecular complexity index is 869. The Kier molecular flexibility index (Phi) is 5.02. The van der Waals surface area contributed by atoms with Crippen LogP contribution in [0.1, 0.15) is 37.8 Å². The van der Waals surface area contributed by atoms with Crippen LogP contribution < -0.4 is 10.6 Å². The average Bonchev–Trinajstić information content (AvgIpc) is 3.13. The minimum Gasteiger partial charge on any atom is -0.361 e. The number of likely N-dealkylation sites (N-methyl/N-ethyl adjacent to an activating group) is 1. The van der Waals surface area contributed by atoms with E-state index < -0.39 is 5.54 Å². The number of aromatic amines is 1. The van der Waals surface area contributed by atoms with Crippen LogP contribution in [-0.2, 0) is 4.79 Å². The first-order valence-corrected chi connectivity index (χ1v) is 10.1. The number of benzene rings is 1. The SMILES string of the molecule is C[C@H](NC(=O)N1CCC2(CC1)C(=O)NCCCN2C)c1ccc2[nH]ccc2c1. The lowest BCUT2D eigenvalue weighted by Gasteiger charge is -2.45. The predicted octanol–water partition coefficient (Wildman–Crippen LogP) is 2.22. The number of nitrogens with zero attached hydrogens (tertiary/aromatic N) is 2. The molecular formula is C21H29N5O2. The molecule has 0 aliphatic carbocycles. The summed E-state index contributed by atoms with van der Waals surface area (Å²) in [4.78, 5) is 32.6. The molecule has 0 unspecified atom stereocenters. The van der Waals surface area contributed by atoms with Gasteiger partial charge in [-0.15, -0.1) is 0 Å². The third kappa shape index (κ3) is 3.35. The van der Waals surface area contributed by atoms with Gasteiger partial charge in [0.1, 0.15) is 5.54 Å². The summed E-state index contributed by atoms with van der Waals surface area (Å²) >= 11 is 0. The molecule has 1 spiro atoms. The summed E-state index contributed by atoms with van der Waals surface area (Å²) in [6, 6.07) is 8.08. The number of fused-ring (bicyclic) bond motifs is 1. The smallest absolute Gasteiger partial charge is 0.317 e. The van der Waals surface area contributed by atoms with E-state index in [2.05, 4.69) is 26.6 Å². The molecule has 1 aromatic carbocycles. The summed E-state index contributed by atoms with van der Waals surface area (Å²) in [5.74, 6) is 0.112. The van der Waals surface area contributed by atoms with E-state index in [1.54, 1.807) is 0 Å². The Labute approximate surface area is 165 Å². The number of piperidine rings is 1. The van der Waals surface area contributed by atoms with Crippen LogP contribution in [0.2, 0.25) is 0 Å². The van der Waals surface area contributed by atoms with Crippen LogP contribution >= 0.6 is 0 Å². The molecule has 1 atom stereocenters. The number of H-pyrrole nitrogens is 1. The number of hydrogen-bond acceptors (Lipinski definition) is 3. The van der Waals surface area contributed by atoms with Crippen LogP contribution in [0.5, 0.6) is 0 Å². The summed E-state index contributed by atoms with van der Waals surface area (Å²) in [6.07, 6.45) is 4.23. The highest BCUT2D eigenvalue weighted by Crippen LogP contribution is 2.30. The molecule has 1 aromatic heterocycles. The fourth-order valence-corrected chi connectivity index (χ4v) is 4.46. The normalized spacial score (nSPS) is 21.4. The fourth-order valence-electron chi connectivity index (χ4n) is 4.46. The van der Waals surface area contributed by atoms with E-state index in [-0.39, 0.29) is 18.0 Å². The van der Waals surface area contributed by atoms with Gasteiger partial charge in [-0.3, -0.25) is 9.69 Å². The van der Waals surface area contributed by atoms with Gasteiger partial charge in [0.15, 0.2) is 0 Å². The highest BCUT2D eigenvalue weighted by Gasteiger charge is 2.46. The fraction of sp³-hybridized carbons (Fsp3) is 0.524. The van der Waals surface area contributed by atoms with Crippen molar-refractivity contribution in [3.63, 3.8) is 0 Å². The van der Waals surface area contributed by atoms with Gasteiger partial charge in [0.05, 0.1) is 6.04 Å². The van der Waals surface area contributed by atoms with Crippen molar-refractivity contribution < 1.29 is 9.59 Å². The van der Waals surface area contributed by atoms with Crippen LogP contribution in [0.25, 0.3) is 10.9 Å². The van der Waals surface area contributed by atoms with Crippen molar-refractivity contribution in [2.24, 2.45) is 0 Å². The molecule has 0 saturated carbocycles. The molecule has 7 heteroatoms. The lowest BCUT2D eigenvalue weighted by molar-refractivity contribution is -0.134. The number of likely N-dealkylation sites (tertiary alicyclic amines) is 1. The molecule has 3 N–H and O–H groups in total. The summed E-state index contributed by atoms with van der Waals surface area (Å²) in [5, 5.41) is 7.29. The molecule has 2 fully saturated rings. The second-order valence-corrected chi connectivity index (χ2v) is 8.05. The first-order valence-electron chi connectivity index (χ1n) is 10.1. The van der Waals surface area contributed by atoms with Crippen LogP contribution in [0.3, 0.4) is 0 Å². The summed E-state index contributed by atoms with van der Waals surface area (Å²) in [6.45, 7) is 4.83. The minimum atomic E-state index is -0.474. The van der Waals surface area contributed by atoms with E-state index in [0.717, 1.165) is 36.0 Å². The Morgan fingerprint density at radius 3 is 2.79 bits per heavy atom. The van der Waals surface area contributed by atoms with Gasteiger partial charge in [0, 0.05) is 37.9 Å². The Balaban J connectivity index is 1.39. The molecule has 2 saturated heterocycles. The van der Waals surface area contributed by atoms with Crippen molar-refractivity contribution in [1.82, 2.24) is 25.4 Å². The first-order chi connectivity index (χ1) is 13.5. The van der Waals surface area contributed by atoms with Gasteiger partial charge in [-0.25, -0.2) is 4.79 Å². The van der Waals surface area contributed by atoms with Crippen molar-refractivity contribution in [1.29, 1.82) is 0 Å². The number of carbonyl (C=O) groups excluding carboxylic acids is 2. The van der Waals surface area contributed by atoms with Crippen molar-refractivity contribution >= 4 is 22.8 Å². The van der Waals surface area contributed by atoms with Crippen molar-refractivity contribution in [3.05, 3.63) is 36.0 Å². The number of hydrogen-bond donors (Lipinski definition) is 3. The highest BCUT2D eigenvalue weighted by molar-refractivity contribution is 5.87. The zero-order chi connectivity index (χ0) is 19.7. The van der Waals surface area contributed by atoms with Crippen molar-refractivity contribution in [2.45, 2.75) is 37.8 Å². The van der Waals surface area contributed by atoms with E-state index in [1.807, 2.05) is 43.3 Å². The van der Waals surface area contributed by atoms with E-state index in [9.17, 15) is 9.59 Å². The maximum Gasteiger partial charge on any atom is 0.317 e. The van der Waals surface area contributed by atoms with Gasteiger partial charge >= 0.3 is 6.03 Å². The summed E-state index contributed by atoms with van der Waals surface area (Å²) < 4.78 is 0. The van der Waals surface area contributed by atoms with Gasteiger partial charge in [0.2, 0.25) is 5.91 Å². The zero-order valence-electron chi connectivity index (χ0n) is 16.6. The van der Waals surface area contributed by atoms with Crippen LogP contribution in [-0.4, -0.2) is 65.5 Å². The average molecular weight is 383 g/mol. The van der Waals surface area contributed by atoms with Crippen LogP contribution in [0.15, 0.2) is 30.5 Å². The maximum absolute atomic E-state index is 12.8. The summed E-state index contributed by atoms with van der Waals surface area (Å²) in [5.41, 5.74) is 1.70. The second-order valence-electron chi connectivity index (χ2n) is 8.05. The number of rotatable bonds is 2. The van der Waals surface area contributed by atoms with Gasteiger partial charge in [-0.1, -0.05) is 6.07 Å². The number of amides is 3. The third-order valence-corrected chi connectivity index (χ3v) is 6.40. The molecule has 0 bridgehead atoms. The monoisotopic (exact) mass is 383 g/mol. The Morgan fingerprint density at radius 2 is 2.00 bits per heavy atom. The topological polar surface area (TPSA) is 80.5 Å². The standard InChI is InChI=1S/C21H29N5O2/c1-15(16-4-5-18-17(14-16)6-10-22-18)24-20(28)26-12-7-21(8-13-26)19(27)23-9-3-11-25(21)2/h4-6,10,14-15,22H,3,7-9,11-13H2,1-2H3,(H,23,27)(H,24,28)/t15-/m0/s1. The minimum absolute atomic E-state index is 0.0619. The van der Waals surface area contributed by atoms with Crippen LogP contribution in [0, 0.1) is 0 Å². The molecule has 28 heavy (non-hydrogen) atoms. The van der Waals surface area contributed by atoms with E-state index >= 15 is 0 Å². The van der Waals surface area contributed by atoms with E-state index in [1.165, 1.54) is 0 Å². The molecule has 2 aliphatic rings. The maximum atomic E-state index is 12.8. The molecule has 7 nitrogen and oxygen atoms in total. The molecule has 2 aromatic rings. The van der Waals surface area contributed by atoms with Gasteiger partial charge in [0.25, 0.3) is 0 Å². The number of aromatic nitrogens is 1. The van der Waals surface area contributed by atoms with Crippen molar-refractivity contribution in [3.8, 4) is 0 Å². The van der Waals surface area contributed by atoms with E-state index in [4.69, 9.17) is 0 Å². The molecular weight excluding hydrogens is 354 g/mol. The largest absolute Gasteiger partial charge is 0.361 e. The molecule has 0 radical (unpaired) electrons. The molecule has 2 aliphatic heterocycles. The van der Waals surface area contributed by atoms with Crippen LogP contribution in [0.4, 0.5) is 4.79 Å². The highest BCUT2D eigenvalue weighted by atomic mass is 16.2. The molecule has 3 amide bonds. The molecule has 4 rings (SSSR count). The van der Waals surface area contributed by atoms with Crippen molar-refractivity contribution in [2.75, 3.05) is 33.2 Å². The summed E-state index contributed by atoms with van der Waals surface area (Å²) in [7, 11) is 2.03. The quantitative estimate of drug-likeness (QED) is 0.744. The number of urea groups is 1. The lowest BCUT2D eigenvalue weighted by Crippen LogP contribution is -2.62. The van der Waals surface area contributed by atoms with E-state index in [0.29, 0.717) is 25.9 Å². The lowest BCUT2D eigenvalue weighted by atomic mass is 9.85. The Morgan fingerprint density at radius 1 is 1.21 bits per heavy atom. The number of carbonyl (C=O) groups is 2. The zero-order valence-corrected chi connectivity index (χ0v) is 16.6. The predicted molar refractivity (Wildman–Crippen MR) is 109 cm³/mol. The van der Waals surface area contributed by atoms with Gasteiger partial charge in [-0.2, -0.15) is 0 Å². The van der Waals surface area contributed by atoms with Gasteiger partial charge < -0.3 is 20.5 Å².